The lowest BCUT2D eigenvalue weighted by atomic mass is 10.1. The first-order valence-corrected chi connectivity index (χ1v) is 9.32. The highest BCUT2D eigenvalue weighted by molar-refractivity contribution is 6.30. The third-order valence-corrected chi connectivity index (χ3v) is 5.60. The maximum Gasteiger partial charge on any atom is 0.255 e. The first-order valence-electron chi connectivity index (χ1n) is 8.95. The molecule has 0 spiro atoms. The Balaban J connectivity index is 1.39. The van der Waals surface area contributed by atoms with Gasteiger partial charge in [-0.2, -0.15) is 5.10 Å². The van der Waals surface area contributed by atoms with Crippen LogP contribution < -0.4 is 5.32 Å². The summed E-state index contributed by atoms with van der Waals surface area (Å²) < 4.78 is 6.07. The minimum Gasteiger partial charge on any atom is -0.371 e. The van der Waals surface area contributed by atoms with Crippen LogP contribution >= 0.6 is 11.6 Å². The van der Waals surface area contributed by atoms with Crippen molar-refractivity contribution < 1.29 is 9.53 Å². The summed E-state index contributed by atoms with van der Waals surface area (Å²) in [6, 6.07) is 8.33. The van der Waals surface area contributed by atoms with Gasteiger partial charge in [-0.15, -0.1) is 0 Å². The van der Waals surface area contributed by atoms with Crippen molar-refractivity contribution in [1.82, 2.24) is 20.4 Å². The number of nitrogens with zero attached hydrogens (tertiary/aromatic N) is 2. The highest BCUT2D eigenvalue weighted by atomic mass is 35.5. The molecule has 0 bridgehead atoms. The Labute approximate surface area is 157 Å². The molecule has 0 unspecified atom stereocenters. The lowest BCUT2D eigenvalue weighted by Gasteiger charge is -2.35. The smallest absolute Gasteiger partial charge is 0.255 e. The molecule has 26 heavy (non-hydrogen) atoms. The average molecular weight is 375 g/mol. The van der Waals surface area contributed by atoms with Crippen molar-refractivity contribution in [2.45, 2.75) is 38.5 Å². The molecule has 3 heterocycles. The van der Waals surface area contributed by atoms with E-state index in [0.717, 1.165) is 41.5 Å². The molecule has 2 N–H and O–H groups in total. The molecular weight excluding hydrogens is 352 g/mol. The number of H-pyrrole nitrogens is 1. The topological polar surface area (TPSA) is 70.2 Å². The van der Waals surface area contributed by atoms with Crippen molar-refractivity contribution in [2.24, 2.45) is 0 Å². The third-order valence-electron chi connectivity index (χ3n) is 5.35. The summed E-state index contributed by atoms with van der Waals surface area (Å²) in [5.41, 5.74) is 3.35. The maximum atomic E-state index is 12.6. The molecule has 1 aromatic heterocycles. The number of carbonyl (C=O) groups is 1. The number of ether oxygens (including phenoxy) is 1. The number of hydrogen-bond acceptors (Lipinski definition) is 4. The van der Waals surface area contributed by atoms with E-state index in [4.69, 9.17) is 16.3 Å². The molecule has 2 aliphatic rings. The number of halogens is 1. The van der Waals surface area contributed by atoms with Crippen LogP contribution in [0.4, 0.5) is 0 Å². The quantitative estimate of drug-likeness (QED) is 0.866. The minimum absolute atomic E-state index is 0.0474. The van der Waals surface area contributed by atoms with E-state index >= 15 is 0 Å². The molecule has 2 aromatic rings. The highest BCUT2D eigenvalue weighted by Crippen LogP contribution is 2.31. The van der Waals surface area contributed by atoms with E-state index in [1.54, 1.807) is 0 Å². The van der Waals surface area contributed by atoms with Crippen molar-refractivity contribution in [3.63, 3.8) is 0 Å². The van der Waals surface area contributed by atoms with Gasteiger partial charge in [0.2, 0.25) is 0 Å². The standard InChI is InChI=1S/C19H23ClN4O2/c1-11-18(12(2)23-22-11)19(25)21-15-7-16-10-26-17(9-24(16)8-15)13-3-5-14(20)6-4-13/h3-6,15-17H,7-10H2,1-2H3,(H,21,25)(H,22,23)/t15-,16-,17+/m0/s1. The van der Waals surface area contributed by atoms with Crippen LogP contribution in [0.5, 0.6) is 0 Å². The number of carbonyl (C=O) groups excluding carboxylic acids is 1. The number of aryl methyl sites for hydroxylation is 2. The molecule has 1 aromatic carbocycles. The van der Waals surface area contributed by atoms with Gasteiger partial charge in [-0.05, 0) is 38.0 Å². The molecule has 4 rings (SSSR count). The fourth-order valence-corrected chi connectivity index (χ4v) is 4.13. The number of rotatable bonds is 3. The molecule has 138 valence electrons. The molecule has 0 saturated carbocycles. The fourth-order valence-electron chi connectivity index (χ4n) is 4.00. The number of hydrogen-bond donors (Lipinski definition) is 2. The van der Waals surface area contributed by atoms with Crippen molar-refractivity contribution in [3.8, 4) is 0 Å². The maximum absolute atomic E-state index is 12.6. The number of aromatic amines is 1. The van der Waals surface area contributed by atoms with Gasteiger partial charge in [0.05, 0.1) is 24.0 Å². The summed E-state index contributed by atoms with van der Waals surface area (Å²) >= 11 is 5.97. The number of nitrogens with one attached hydrogen (secondary N) is 2. The Morgan fingerprint density at radius 2 is 2.08 bits per heavy atom. The molecule has 3 atom stereocenters. The summed E-state index contributed by atoms with van der Waals surface area (Å²) in [7, 11) is 0. The predicted octanol–water partition coefficient (Wildman–Crippen LogP) is 2.62. The Morgan fingerprint density at radius 3 is 2.77 bits per heavy atom. The van der Waals surface area contributed by atoms with Crippen LogP contribution in [0.25, 0.3) is 0 Å². The van der Waals surface area contributed by atoms with E-state index in [0.29, 0.717) is 18.2 Å². The number of amides is 1. The van der Waals surface area contributed by atoms with E-state index in [1.807, 2.05) is 38.1 Å². The Bertz CT molecular complexity index is 785. The van der Waals surface area contributed by atoms with Crippen molar-refractivity contribution >= 4 is 17.5 Å². The SMILES string of the molecule is Cc1n[nH]c(C)c1C(=O)N[C@H]1C[C@H]2CO[C@@H](c3ccc(Cl)cc3)CN2C1. The number of benzene rings is 1. The lowest BCUT2D eigenvalue weighted by molar-refractivity contribution is -0.0502. The molecule has 2 saturated heterocycles. The van der Waals surface area contributed by atoms with E-state index in [2.05, 4.69) is 20.4 Å². The molecule has 2 fully saturated rings. The summed E-state index contributed by atoms with van der Waals surface area (Å²) in [6.07, 6.45) is 0.964. The monoisotopic (exact) mass is 374 g/mol. The lowest BCUT2D eigenvalue weighted by Crippen LogP contribution is -2.43. The number of aromatic nitrogens is 2. The first-order chi connectivity index (χ1) is 12.5. The van der Waals surface area contributed by atoms with Crippen LogP contribution in [0.3, 0.4) is 0 Å². The van der Waals surface area contributed by atoms with E-state index < -0.39 is 0 Å². The second kappa shape index (κ2) is 7.02. The molecular formula is C19H23ClN4O2. The molecule has 2 aliphatic heterocycles. The van der Waals surface area contributed by atoms with Crippen LogP contribution in [0.2, 0.25) is 5.02 Å². The van der Waals surface area contributed by atoms with Gasteiger partial charge in [0.25, 0.3) is 5.91 Å². The van der Waals surface area contributed by atoms with Crippen molar-refractivity contribution in [3.05, 3.63) is 51.8 Å². The molecule has 0 radical (unpaired) electrons. The summed E-state index contributed by atoms with van der Waals surface area (Å²) in [5.74, 6) is -0.0474. The zero-order chi connectivity index (χ0) is 18.3. The first kappa shape index (κ1) is 17.5. The molecule has 7 heteroatoms. The summed E-state index contributed by atoms with van der Waals surface area (Å²) in [5, 5.41) is 10.9. The normalized spacial score (nSPS) is 25.9. The van der Waals surface area contributed by atoms with Crippen molar-refractivity contribution in [1.29, 1.82) is 0 Å². The summed E-state index contributed by atoms with van der Waals surface area (Å²) in [6.45, 7) is 6.09. The second-order valence-corrected chi connectivity index (χ2v) is 7.63. The van der Waals surface area contributed by atoms with Gasteiger partial charge < -0.3 is 10.1 Å². The highest BCUT2D eigenvalue weighted by Gasteiger charge is 2.38. The fraction of sp³-hybridized carbons (Fsp3) is 0.474. The van der Waals surface area contributed by atoms with Crippen LogP contribution in [-0.2, 0) is 4.74 Å². The minimum atomic E-state index is -0.0474. The second-order valence-electron chi connectivity index (χ2n) is 7.20. The number of fused-ring (bicyclic) bond motifs is 1. The van der Waals surface area contributed by atoms with Gasteiger partial charge in [0, 0.05) is 35.9 Å². The van der Waals surface area contributed by atoms with Crippen molar-refractivity contribution in [2.75, 3.05) is 19.7 Å². The van der Waals surface area contributed by atoms with Gasteiger partial charge in [0.15, 0.2) is 0 Å². The van der Waals surface area contributed by atoms with E-state index in [1.165, 1.54) is 0 Å². The van der Waals surface area contributed by atoms with E-state index in [-0.39, 0.29) is 18.1 Å². The Morgan fingerprint density at radius 1 is 1.31 bits per heavy atom. The van der Waals surface area contributed by atoms with Crippen LogP contribution in [0, 0.1) is 13.8 Å². The average Bonchev–Trinajstić information content (AvgIpc) is 3.17. The Kier molecular flexibility index (Phi) is 4.73. The van der Waals surface area contributed by atoms with Gasteiger partial charge >= 0.3 is 0 Å². The van der Waals surface area contributed by atoms with Gasteiger partial charge in [0.1, 0.15) is 0 Å². The zero-order valence-corrected chi connectivity index (χ0v) is 15.7. The van der Waals surface area contributed by atoms with Gasteiger partial charge in [-0.1, -0.05) is 23.7 Å². The van der Waals surface area contributed by atoms with E-state index in [9.17, 15) is 4.79 Å². The predicted molar refractivity (Wildman–Crippen MR) is 99.4 cm³/mol. The molecule has 6 nitrogen and oxygen atoms in total. The van der Waals surface area contributed by atoms with Crippen LogP contribution in [0.15, 0.2) is 24.3 Å². The Hall–Kier alpha value is -1.89. The third kappa shape index (κ3) is 3.37. The van der Waals surface area contributed by atoms with Gasteiger partial charge in [-0.25, -0.2) is 0 Å². The molecule has 0 aliphatic carbocycles. The largest absolute Gasteiger partial charge is 0.371 e. The zero-order valence-electron chi connectivity index (χ0n) is 15.0. The van der Waals surface area contributed by atoms with Gasteiger partial charge in [-0.3, -0.25) is 14.8 Å². The summed E-state index contributed by atoms with van der Waals surface area (Å²) in [4.78, 5) is 15.0. The molecule has 1 amide bonds. The van der Waals surface area contributed by atoms with Crippen LogP contribution in [-0.4, -0.2) is 52.8 Å². The number of morpholine rings is 1. The van der Waals surface area contributed by atoms with Crippen LogP contribution in [0.1, 0.15) is 39.8 Å².